The monoisotopic (exact) mass is 509 g/mol. The third-order valence-corrected chi connectivity index (χ3v) is 7.15. The van der Waals surface area contributed by atoms with Crippen LogP contribution in [0.3, 0.4) is 0 Å². The molecule has 3 aliphatic rings. The van der Waals surface area contributed by atoms with E-state index in [1.807, 2.05) is 0 Å². The Bertz CT molecular complexity index is 1500. The first kappa shape index (κ1) is 23.2. The van der Waals surface area contributed by atoms with Gasteiger partial charge in [0.05, 0.1) is 29.2 Å². The zero-order chi connectivity index (χ0) is 26.3. The molecule has 3 aromatic carbocycles. The molecule has 3 aromatic rings. The van der Waals surface area contributed by atoms with Crippen molar-refractivity contribution in [3.05, 3.63) is 101 Å². The lowest BCUT2D eigenvalue weighted by Crippen LogP contribution is -2.51. The Kier molecular flexibility index (Phi) is 4.81. The lowest BCUT2D eigenvalue weighted by atomic mass is 9.77. The van der Waals surface area contributed by atoms with Gasteiger partial charge in [0.1, 0.15) is 5.82 Å². The van der Waals surface area contributed by atoms with E-state index >= 15 is 0 Å². The average Bonchev–Trinajstić information content (AvgIpc) is 3.43. The minimum absolute atomic E-state index is 0.0273. The highest BCUT2D eigenvalue weighted by Crippen LogP contribution is 2.58. The van der Waals surface area contributed by atoms with Crippen molar-refractivity contribution < 1.29 is 41.5 Å². The molecule has 6 rings (SSSR count). The Morgan fingerprint density at radius 3 is 2.03 bits per heavy atom. The molecule has 2 fully saturated rings. The number of carbonyl (C=O) groups is 4. The van der Waals surface area contributed by atoms with Crippen molar-refractivity contribution >= 4 is 29.1 Å². The molecule has 0 radical (unpaired) electrons. The molecule has 2 heterocycles. The van der Waals surface area contributed by atoms with Gasteiger partial charge in [-0.3, -0.25) is 19.2 Å². The van der Waals surface area contributed by atoms with Gasteiger partial charge in [0, 0.05) is 11.1 Å². The number of benzene rings is 3. The second kappa shape index (κ2) is 7.66. The number of rotatable bonds is 2. The lowest BCUT2D eigenvalue weighted by molar-refractivity contribution is -0.137. The van der Waals surface area contributed by atoms with E-state index in [0.717, 1.165) is 30.3 Å². The number of Topliss-reactive ketones (excluding diaryl/α,β-unsaturated/α-hetero) is 2. The number of halogens is 4. The molecular formula is C27H15F4NO5. The molecule has 6 nitrogen and oxygen atoms in total. The van der Waals surface area contributed by atoms with Gasteiger partial charge < -0.3 is 4.74 Å². The summed E-state index contributed by atoms with van der Waals surface area (Å²) in [4.78, 5) is 55.2. The molecule has 0 unspecified atom stereocenters. The number of ketones is 2. The van der Waals surface area contributed by atoms with Crippen molar-refractivity contribution in [3.63, 3.8) is 0 Å². The number of fused-ring (bicyclic) bond motifs is 3. The van der Waals surface area contributed by atoms with E-state index in [9.17, 15) is 36.7 Å². The third-order valence-electron chi connectivity index (χ3n) is 7.15. The summed E-state index contributed by atoms with van der Waals surface area (Å²) in [6.45, 7) is 0. The van der Waals surface area contributed by atoms with Crippen molar-refractivity contribution in [2.75, 3.05) is 4.90 Å². The Hall–Kier alpha value is -4.18. The number of imide groups is 1. The van der Waals surface area contributed by atoms with Gasteiger partial charge in [0.25, 0.3) is 0 Å². The van der Waals surface area contributed by atoms with Crippen LogP contribution < -0.4 is 4.90 Å². The predicted molar refractivity (Wildman–Crippen MR) is 119 cm³/mol. The van der Waals surface area contributed by atoms with Gasteiger partial charge in [0.2, 0.25) is 29.0 Å². The fraction of sp³-hybridized carbons (Fsp3) is 0.185. The summed E-state index contributed by atoms with van der Waals surface area (Å²) in [6.07, 6.45) is -6.34. The highest BCUT2D eigenvalue weighted by Gasteiger charge is 2.75. The number of carbonyl (C=O) groups excluding carboxylic acids is 4. The number of alkyl halides is 3. The van der Waals surface area contributed by atoms with Crippen LogP contribution in [0.4, 0.5) is 23.2 Å². The van der Waals surface area contributed by atoms with Crippen LogP contribution in [-0.4, -0.2) is 29.0 Å². The fourth-order valence-electron chi connectivity index (χ4n) is 5.65. The minimum Gasteiger partial charge on any atom is -0.349 e. The van der Waals surface area contributed by atoms with Gasteiger partial charge in [0.15, 0.2) is 0 Å². The Labute approximate surface area is 206 Å². The molecule has 10 heteroatoms. The van der Waals surface area contributed by atoms with Crippen LogP contribution in [0.1, 0.15) is 37.9 Å². The van der Waals surface area contributed by atoms with Gasteiger partial charge >= 0.3 is 6.18 Å². The molecule has 1 aliphatic carbocycles. The Morgan fingerprint density at radius 1 is 0.784 bits per heavy atom. The summed E-state index contributed by atoms with van der Waals surface area (Å²) in [6, 6.07) is 14.7. The quantitative estimate of drug-likeness (QED) is 0.288. The molecule has 0 N–H and O–H groups in total. The first-order chi connectivity index (χ1) is 17.6. The third kappa shape index (κ3) is 3.02. The summed E-state index contributed by atoms with van der Waals surface area (Å²) in [5.41, 5.74) is -4.42. The molecule has 3 atom stereocenters. The van der Waals surface area contributed by atoms with Crippen LogP contribution in [0.2, 0.25) is 0 Å². The number of amides is 2. The van der Waals surface area contributed by atoms with Crippen molar-refractivity contribution in [2.45, 2.75) is 17.9 Å². The molecule has 2 aliphatic heterocycles. The average molecular weight is 509 g/mol. The van der Waals surface area contributed by atoms with E-state index in [1.54, 1.807) is 0 Å². The van der Waals surface area contributed by atoms with Crippen LogP contribution in [0, 0.1) is 17.7 Å². The summed E-state index contributed by atoms with van der Waals surface area (Å²) in [5, 5.41) is 0. The molecule has 0 aromatic heterocycles. The molecule has 186 valence electrons. The number of hydrogen-bond donors (Lipinski definition) is 0. The molecule has 37 heavy (non-hydrogen) atoms. The van der Waals surface area contributed by atoms with Crippen LogP contribution in [-0.2, 0) is 20.5 Å². The zero-order valence-corrected chi connectivity index (χ0v) is 18.7. The SMILES string of the molecule is O=C1[C@@H]2[C@@H](C(=O)N1c1ccccc1C(F)(F)F)C1(O[C@H]2c2cccc(F)c2)C(=O)c2ccccc2C1=O. The maximum atomic E-state index is 14.1. The first-order valence-corrected chi connectivity index (χ1v) is 11.2. The van der Waals surface area contributed by atoms with Gasteiger partial charge in [-0.2, -0.15) is 13.2 Å². The summed E-state index contributed by atoms with van der Waals surface area (Å²) < 4.78 is 61.5. The maximum Gasteiger partial charge on any atom is 0.418 e. The summed E-state index contributed by atoms with van der Waals surface area (Å²) >= 11 is 0. The van der Waals surface area contributed by atoms with E-state index in [2.05, 4.69) is 0 Å². The standard InChI is InChI=1S/C27H15F4NO5/c28-14-7-5-6-13(12-14)21-19-20(26(37-21)22(33)15-8-1-2-9-16(15)23(26)34)25(36)32(24(19)35)18-11-4-3-10-17(18)27(29,30)31/h1-12,19-21H/t19-,20+,21+/m1/s1. The van der Waals surface area contributed by atoms with Crippen LogP contribution in [0.25, 0.3) is 0 Å². The summed E-state index contributed by atoms with van der Waals surface area (Å²) in [7, 11) is 0. The molecule has 0 bridgehead atoms. The van der Waals surface area contributed by atoms with E-state index < -0.39 is 70.2 Å². The van der Waals surface area contributed by atoms with Crippen molar-refractivity contribution in [1.82, 2.24) is 0 Å². The molecule has 0 saturated carbocycles. The number of hydrogen-bond acceptors (Lipinski definition) is 5. The topological polar surface area (TPSA) is 80.8 Å². The minimum atomic E-state index is -4.90. The second-order valence-electron chi connectivity index (χ2n) is 9.06. The second-order valence-corrected chi connectivity index (χ2v) is 9.06. The van der Waals surface area contributed by atoms with E-state index in [1.165, 1.54) is 42.5 Å². The lowest BCUT2D eigenvalue weighted by Gasteiger charge is -2.28. The van der Waals surface area contributed by atoms with E-state index in [0.29, 0.717) is 4.90 Å². The van der Waals surface area contributed by atoms with Crippen molar-refractivity contribution in [2.24, 2.45) is 11.8 Å². The number of para-hydroxylation sites is 1. The molecule has 2 amide bonds. The van der Waals surface area contributed by atoms with Gasteiger partial charge in [-0.05, 0) is 29.8 Å². The first-order valence-electron chi connectivity index (χ1n) is 11.2. The maximum absolute atomic E-state index is 14.1. The fourth-order valence-corrected chi connectivity index (χ4v) is 5.65. The van der Waals surface area contributed by atoms with Gasteiger partial charge in [-0.15, -0.1) is 0 Å². The smallest absolute Gasteiger partial charge is 0.349 e. The summed E-state index contributed by atoms with van der Waals surface area (Å²) in [5.74, 6) is -7.97. The van der Waals surface area contributed by atoms with E-state index in [4.69, 9.17) is 4.74 Å². The van der Waals surface area contributed by atoms with Gasteiger partial charge in [-0.1, -0.05) is 48.5 Å². The van der Waals surface area contributed by atoms with Crippen molar-refractivity contribution in [1.29, 1.82) is 0 Å². The number of nitrogens with zero attached hydrogens (tertiary/aromatic N) is 1. The van der Waals surface area contributed by atoms with Crippen molar-refractivity contribution in [3.8, 4) is 0 Å². The number of ether oxygens (including phenoxy) is 1. The normalized spacial score (nSPS) is 24.2. The molecule has 2 saturated heterocycles. The number of anilines is 1. The van der Waals surface area contributed by atoms with Gasteiger partial charge in [-0.25, -0.2) is 9.29 Å². The van der Waals surface area contributed by atoms with Crippen LogP contribution in [0.15, 0.2) is 72.8 Å². The zero-order valence-electron chi connectivity index (χ0n) is 18.7. The largest absolute Gasteiger partial charge is 0.418 e. The Morgan fingerprint density at radius 2 is 1.41 bits per heavy atom. The molecular weight excluding hydrogens is 494 g/mol. The van der Waals surface area contributed by atoms with Crippen LogP contribution in [0.5, 0.6) is 0 Å². The highest BCUT2D eigenvalue weighted by atomic mass is 19.4. The molecule has 1 spiro atoms. The predicted octanol–water partition coefficient (Wildman–Crippen LogP) is 4.54. The highest BCUT2D eigenvalue weighted by molar-refractivity contribution is 6.37. The van der Waals surface area contributed by atoms with E-state index in [-0.39, 0.29) is 16.7 Å². The Balaban J connectivity index is 1.57. The van der Waals surface area contributed by atoms with Crippen LogP contribution >= 0.6 is 0 Å².